The average Bonchev–Trinajstić information content (AvgIpc) is 3.16. The number of nitrogens with zero attached hydrogens (tertiary/aromatic N) is 2. The molecule has 0 aromatic heterocycles. The van der Waals surface area contributed by atoms with Crippen LogP contribution >= 0.6 is 11.8 Å². The largest absolute Gasteiger partial charge is 0.454 e. The summed E-state index contributed by atoms with van der Waals surface area (Å²) in [6, 6.07) is 5.24. The summed E-state index contributed by atoms with van der Waals surface area (Å²) in [7, 11) is -3.10. The summed E-state index contributed by atoms with van der Waals surface area (Å²) in [6.45, 7) is 6.14. The molecule has 9 heteroatoms. The third kappa shape index (κ3) is 3.80. The second kappa shape index (κ2) is 6.41. The number of ether oxygens (including phenoxy) is 2. The molecule has 3 aliphatic rings. The molecule has 1 aromatic rings. The number of benzene rings is 1. The van der Waals surface area contributed by atoms with Crippen LogP contribution in [0.15, 0.2) is 23.2 Å². The van der Waals surface area contributed by atoms with Crippen LogP contribution in [0.1, 0.15) is 27.2 Å². The minimum absolute atomic E-state index is 0.0611. The first-order valence-electron chi connectivity index (χ1n) is 8.79. The maximum atomic E-state index is 12.4. The molecule has 27 heavy (non-hydrogen) atoms. The van der Waals surface area contributed by atoms with Crippen LogP contribution in [0.3, 0.4) is 0 Å². The number of fused-ring (bicyclic) bond motifs is 2. The summed E-state index contributed by atoms with van der Waals surface area (Å²) in [5.41, 5.74) is 0.603. The Hall–Kier alpha value is -1.74. The summed E-state index contributed by atoms with van der Waals surface area (Å²) in [5, 5.41) is 0.439. The maximum Gasteiger partial charge on any atom is 0.248 e. The van der Waals surface area contributed by atoms with Crippen molar-refractivity contribution in [3.05, 3.63) is 18.2 Å². The highest BCUT2D eigenvalue weighted by atomic mass is 32.2. The van der Waals surface area contributed by atoms with E-state index in [0.717, 1.165) is 5.69 Å². The van der Waals surface area contributed by atoms with E-state index in [1.54, 1.807) is 6.07 Å². The van der Waals surface area contributed by atoms with Crippen molar-refractivity contribution in [3.63, 3.8) is 0 Å². The smallest absolute Gasteiger partial charge is 0.248 e. The number of aliphatic imine (C=N–C) groups is 1. The molecular formula is C18H22N2O5S2. The molecule has 146 valence electrons. The zero-order chi connectivity index (χ0) is 19.4. The Bertz CT molecular complexity index is 920. The SMILES string of the molecule is CC(C)(C)CC(=O)N=C1SC2CS(=O)(=O)CC2N1c1ccc2c(c1)OCO2. The average molecular weight is 411 g/mol. The molecule has 0 aliphatic carbocycles. The summed E-state index contributed by atoms with van der Waals surface area (Å²) in [4.78, 5) is 18.7. The van der Waals surface area contributed by atoms with E-state index in [9.17, 15) is 13.2 Å². The van der Waals surface area contributed by atoms with Gasteiger partial charge in [-0.05, 0) is 17.5 Å². The van der Waals surface area contributed by atoms with Gasteiger partial charge in [0.1, 0.15) is 0 Å². The Kier molecular flexibility index (Phi) is 4.42. The number of carbonyl (C=O) groups excluding carboxylic acids is 1. The molecule has 2 saturated heterocycles. The zero-order valence-corrected chi connectivity index (χ0v) is 17.1. The molecule has 7 nitrogen and oxygen atoms in total. The number of anilines is 1. The fourth-order valence-electron chi connectivity index (χ4n) is 3.50. The van der Waals surface area contributed by atoms with Crippen LogP contribution in [-0.4, -0.2) is 49.1 Å². The Morgan fingerprint density at radius 2 is 2.00 bits per heavy atom. The molecule has 2 fully saturated rings. The number of amidine groups is 1. The van der Waals surface area contributed by atoms with E-state index in [0.29, 0.717) is 23.1 Å². The van der Waals surface area contributed by atoms with Crippen molar-refractivity contribution >= 4 is 38.4 Å². The van der Waals surface area contributed by atoms with Gasteiger partial charge in [0.2, 0.25) is 12.7 Å². The van der Waals surface area contributed by atoms with Gasteiger partial charge in [0.25, 0.3) is 0 Å². The van der Waals surface area contributed by atoms with Crippen molar-refractivity contribution in [2.75, 3.05) is 23.2 Å². The molecular weight excluding hydrogens is 388 g/mol. The third-order valence-electron chi connectivity index (χ3n) is 4.60. The van der Waals surface area contributed by atoms with Crippen molar-refractivity contribution in [2.24, 2.45) is 10.4 Å². The van der Waals surface area contributed by atoms with Crippen molar-refractivity contribution < 1.29 is 22.7 Å². The quantitative estimate of drug-likeness (QED) is 0.740. The Morgan fingerprint density at radius 1 is 1.26 bits per heavy atom. The standard InChI is InChI=1S/C18H22N2O5S2/c1-18(2,3)7-16(21)19-17-20(12-8-27(22,23)9-15(12)26-17)11-4-5-13-14(6-11)25-10-24-13/h4-6,12,15H,7-10H2,1-3H3. The van der Waals surface area contributed by atoms with Crippen LogP contribution in [-0.2, 0) is 14.6 Å². The topological polar surface area (TPSA) is 85.3 Å². The van der Waals surface area contributed by atoms with Crippen LogP contribution in [0.4, 0.5) is 5.69 Å². The minimum atomic E-state index is -3.10. The van der Waals surface area contributed by atoms with Gasteiger partial charge in [-0.1, -0.05) is 32.5 Å². The van der Waals surface area contributed by atoms with E-state index in [2.05, 4.69) is 4.99 Å². The normalized spacial score (nSPS) is 27.2. The minimum Gasteiger partial charge on any atom is -0.454 e. The number of hydrogen-bond donors (Lipinski definition) is 0. The first-order chi connectivity index (χ1) is 12.6. The van der Waals surface area contributed by atoms with Crippen LogP contribution in [0, 0.1) is 5.41 Å². The highest BCUT2D eigenvalue weighted by Gasteiger charge is 2.49. The van der Waals surface area contributed by atoms with Gasteiger partial charge >= 0.3 is 0 Å². The number of amides is 1. The van der Waals surface area contributed by atoms with Crippen molar-refractivity contribution in [3.8, 4) is 11.5 Å². The van der Waals surface area contributed by atoms with Gasteiger partial charge in [-0.15, -0.1) is 0 Å². The Balaban J connectivity index is 1.70. The molecule has 1 aromatic carbocycles. The van der Waals surface area contributed by atoms with Crippen LogP contribution in [0.25, 0.3) is 0 Å². The van der Waals surface area contributed by atoms with E-state index in [4.69, 9.17) is 9.47 Å². The summed E-state index contributed by atoms with van der Waals surface area (Å²) >= 11 is 1.38. The maximum absolute atomic E-state index is 12.4. The van der Waals surface area contributed by atoms with Crippen molar-refractivity contribution in [1.29, 1.82) is 0 Å². The number of thioether (sulfide) groups is 1. The fourth-order valence-corrected chi connectivity index (χ4v) is 7.43. The van der Waals surface area contributed by atoms with Crippen LogP contribution in [0.5, 0.6) is 11.5 Å². The number of rotatable bonds is 2. The predicted molar refractivity (Wildman–Crippen MR) is 105 cm³/mol. The number of carbonyl (C=O) groups is 1. The highest BCUT2D eigenvalue weighted by Crippen LogP contribution is 2.44. The fraction of sp³-hybridized carbons (Fsp3) is 0.556. The van der Waals surface area contributed by atoms with Gasteiger partial charge in [-0.3, -0.25) is 4.79 Å². The first kappa shape index (κ1) is 18.6. The number of sulfone groups is 1. The monoisotopic (exact) mass is 410 g/mol. The van der Waals surface area contributed by atoms with E-state index >= 15 is 0 Å². The second-order valence-electron chi connectivity index (χ2n) is 8.23. The predicted octanol–water partition coefficient (Wildman–Crippen LogP) is 2.45. The molecule has 2 unspecified atom stereocenters. The second-order valence-corrected chi connectivity index (χ2v) is 11.6. The number of hydrogen-bond acceptors (Lipinski definition) is 6. The lowest BCUT2D eigenvalue weighted by Crippen LogP contribution is -2.37. The van der Waals surface area contributed by atoms with E-state index in [1.807, 2.05) is 37.8 Å². The van der Waals surface area contributed by atoms with Gasteiger partial charge in [0.15, 0.2) is 26.5 Å². The first-order valence-corrected chi connectivity index (χ1v) is 11.5. The lowest BCUT2D eigenvalue weighted by molar-refractivity contribution is -0.119. The van der Waals surface area contributed by atoms with E-state index < -0.39 is 9.84 Å². The van der Waals surface area contributed by atoms with E-state index in [-0.39, 0.29) is 40.9 Å². The third-order valence-corrected chi connectivity index (χ3v) is 7.81. The Morgan fingerprint density at radius 3 is 2.74 bits per heavy atom. The molecule has 0 saturated carbocycles. The van der Waals surface area contributed by atoms with E-state index in [1.165, 1.54) is 11.8 Å². The summed E-state index contributed by atoms with van der Waals surface area (Å²) < 4.78 is 35.1. The van der Waals surface area contributed by atoms with Gasteiger partial charge in [0.05, 0.1) is 17.5 Å². The van der Waals surface area contributed by atoms with Crippen LogP contribution < -0.4 is 14.4 Å². The lowest BCUT2D eigenvalue weighted by atomic mass is 9.92. The van der Waals surface area contributed by atoms with Gasteiger partial charge in [-0.2, -0.15) is 4.99 Å². The molecule has 3 aliphatic heterocycles. The van der Waals surface area contributed by atoms with Crippen molar-refractivity contribution in [1.82, 2.24) is 0 Å². The molecule has 0 bridgehead atoms. The molecule has 1 amide bonds. The van der Waals surface area contributed by atoms with Gasteiger partial charge in [0, 0.05) is 23.4 Å². The van der Waals surface area contributed by atoms with Gasteiger partial charge in [-0.25, -0.2) is 8.42 Å². The summed E-state index contributed by atoms with van der Waals surface area (Å²) in [5.74, 6) is 1.24. The Labute approximate surface area is 163 Å². The molecule has 2 atom stereocenters. The molecule has 0 N–H and O–H groups in total. The molecule has 0 radical (unpaired) electrons. The molecule has 3 heterocycles. The van der Waals surface area contributed by atoms with Crippen LogP contribution in [0.2, 0.25) is 0 Å². The lowest BCUT2D eigenvalue weighted by Gasteiger charge is -2.25. The summed E-state index contributed by atoms with van der Waals surface area (Å²) in [6.07, 6.45) is 0.333. The highest BCUT2D eigenvalue weighted by molar-refractivity contribution is 8.16. The van der Waals surface area contributed by atoms with Crippen molar-refractivity contribution in [2.45, 2.75) is 38.5 Å². The molecule has 4 rings (SSSR count). The molecule has 0 spiro atoms. The van der Waals surface area contributed by atoms with Gasteiger partial charge < -0.3 is 14.4 Å². The zero-order valence-electron chi connectivity index (χ0n) is 15.5.